The summed E-state index contributed by atoms with van der Waals surface area (Å²) in [7, 11) is 0. The largest absolute Gasteiger partial charge is 0.485 e. The van der Waals surface area contributed by atoms with E-state index in [-0.39, 0.29) is 18.3 Å². The van der Waals surface area contributed by atoms with Crippen molar-refractivity contribution in [3.8, 4) is 11.5 Å². The summed E-state index contributed by atoms with van der Waals surface area (Å²) in [6, 6.07) is 25.4. The smallest absolute Gasteiger partial charge is 0.277 e. The fourth-order valence-electron chi connectivity index (χ4n) is 3.48. The topological polar surface area (TPSA) is 86.5 Å². The first-order valence-corrected chi connectivity index (χ1v) is 11.5. The van der Waals surface area contributed by atoms with Crippen LogP contribution in [0.1, 0.15) is 23.1 Å². The maximum absolute atomic E-state index is 12.6. The second-order valence-electron chi connectivity index (χ2n) is 7.43. The summed E-state index contributed by atoms with van der Waals surface area (Å²) in [4.78, 5) is 12.6. The lowest BCUT2D eigenvalue weighted by Gasteiger charge is -2.23. The summed E-state index contributed by atoms with van der Waals surface area (Å²) in [5.41, 5.74) is 3.03. The van der Waals surface area contributed by atoms with Crippen molar-refractivity contribution in [1.29, 1.82) is 0 Å². The Hall–Kier alpha value is -3.78. The van der Waals surface area contributed by atoms with Crippen molar-refractivity contribution in [2.75, 3.05) is 17.7 Å². The number of hydrogen-bond donors (Lipinski definition) is 1. The molecule has 0 radical (unpaired) electrons. The third-order valence-corrected chi connectivity index (χ3v) is 5.88. The normalized spacial score (nSPS) is 14.6. The van der Waals surface area contributed by atoms with Crippen LogP contribution in [0.25, 0.3) is 0 Å². The van der Waals surface area contributed by atoms with Crippen molar-refractivity contribution in [3.05, 3.63) is 95.9 Å². The van der Waals surface area contributed by atoms with E-state index < -0.39 is 6.10 Å². The van der Waals surface area contributed by atoms with Crippen LogP contribution < -0.4 is 14.8 Å². The molecule has 0 bridgehead atoms. The fraction of sp³-hybridized carbons (Fsp3) is 0.160. The van der Waals surface area contributed by atoms with E-state index in [0.29, 0.717) is 22.6 Å². The van der Waals surface area contributed by atoms with Gasteiger partial charge in [-0.15, -0.1) is 10.2 Å². The van der Waals surface area contributed by atoms with Gasteiger partial charge >= 0.3 is 0 Å². The number of amides is 1. The second kappa shape index (κ2) is 9.79. The van der Waals surface area contributed by atoms with Gasteiger partial charge in [-0.3, -0.25) is 4.79 Å². The van der Waals surface area contributed by atoms with Gasteiger partial charge in [0.2, 0.25) is 12.0 Å². The highest BCUT2D eigenvalue weighted by Gasteiger charge is 2.27. The van der Waals surface area contributed by atoms with Crippen LogP contribution >= 0.6 is 11.8 Å². The summed E-state index contributed by atoms with van der Waals surface area (Å²) < 4.78 is 17.3. The summed E-state index contributed by atoms with van der Waals surface area (Å²) in [5.74, 6) is 1.64. The number of carbonyl (C=O) groups excluding carboxylic acids is 1. The number of nitrogens with one attached hydrogen (secondary N) is 1. The number of anilines is 1. The van der Waals surface area contributed by atoms with Gasteiger partial charge in [-0.2, -0.15) is 0 Å². The summed E-state index contributed by atoms with van der Waals surface area (Å²) in [6.07, 6.45) is 0.254. The molecular formula is C25H21N3O4S. The average molecular weight is 460 g/mol. The first kappa shape index (κ1) is 21.1. The maximum Gasteiger partial charge on any atom is 0.277 e. The lowest BCUT2D eigenvalue weighted by atomic mass is 10.0. The molecule has 7 nitrogen and oxygen atoms in total. The van der Waals surface area contributed by atoms with E-state index >= 15 is 0 Å². The molecule has 1 aliphatic rings. The van der Waals surface area contributed by atoms with E-state index in [9.17, 15) is 4.79 Å². The molecule has 1 aromatic heterocycles. The van der Waals surface area contributed by atoms with Crippen LogP contribution in [0.3, 0.4) is 0 Å². The number of rotatable bonds is 7. The van der Waals surface area contributed by atoms with Gasteiger partial charge in [0.05, 0.1) is 5.75 Å². The summed E-state index contributed by atoms with van der Waals surface area (Å²) in [6.45, 7) is 0.280. The highest BCUT2D eigenvalue weighted by atomic mass is 32.2. The minimum absolute atomic E-state index is 0.145. The van der Waals surface area contributed by atoms with E-state index in [0.717, 1.165) is 17.7 Å². The van der Waals surface area contributed by atoms with Crippen molar-refractivity contribution >= 4 is 23.4 Å². The van der Waals surface area contributed by atoms with Crippen LogP contribution in [0.15, 0.2) is 88.5 Å². The minimum atomic E-state index is -0.486. The Bertz CT molecular complexity index is 1250. The Balaban J connectivity index is 1.17. The Morgan fingerprint density at radius 2 is 1.70 bits per heavy atom. The van der Waals surface area contributed by atoms with Gasteiger partial charge in [-0.1, -0.05) is 72.4 Å². The Kier molecular flexibility index (Phi) is 6.25. The number of hydrogen-bond acceptors (Lipinski definition) is 7. The third-order valence-electron chi connectivity index (χ3n) is 5.06. The zero-order valence-corrected chi connectivity index (χ0v) is 18.5. The van der Waals surface area contributed by atoms with E-state index in [4.69, 9.17) is 13.9 Å². The highest BCUT2D eigenvalue weighted by molar-refractivity contribution is 7.99. The molecule has 0 aliphatic carbocycles. The SMILES string of the molecule is O=C(CSc1nnc(C2COc3ccccc3O2)o1)Nc1ccccc1Cc1ccccc1. The van der Waals surface area contributed by atoms with Gasteiger partial charge in [0.25, 0.3) is 11.1 Å². The first-order chi connectivity index (χ1) is 16.2. The van der Waals surface area contributed by atoms with Gasteiger partial charge < -0.3 is 19.2 Å². The number of para-hydroxylation sites is 3. The molecule has 1 atom stereocenters. The number of thioether (sulfide) groups is 1. The molecule has 0 fully saturated rings. The minimum Gasteiger partial charge on any atom is -0.485 e. The van der Waals surface area contributed by atoms with Crippen LogP contribution in [0.2, 0.25) is 0 Å². The van der Waals surface area contributed by atoms with E-state index in [2.05, 4.69) is 27.6 Å². The predicted octanol–water partition coefficient (Wildman–Crippen LogP) is 4.90. The molecule has 0 saturated carbocycles. The maximum atomic E-state index is 12.6. The number of ether oxygens (including phenoxy) is 2. The van der Waals surface area contributed by atoms with Gasteiger partial charge in [-0.25, -0.2) is 0 Å². The van der Waals surface area contributed by atoms with Crippen LogP contribution in [0.4, 0.5) is 5.69 Å². The average Bonchev–Trinajstić information content (AvgIpc) is 3.34. The van der Waals surface area contributed by atoms with Gasteiger partial charge in [-0.05, 0) is 35.7 Å². The molecule has 0 spiro atoms. The lowest BCUT2D eigenvalue weighted by molar-refractivity contribution is -0.113. The van der Waals surface area contributed by atoms with Crippen LogP contribution in [0, 0.1) is 0 Å². The Labute approximate surface area is 195 Å². The molecule has 1 amide bonds. The van der Waals surface area contributed by atoms with Gasteiger partial charge in [0.15, 0.2) is 11.5 Å². The van der Waals surface area contributed by atoms with E-state index in [1.54, 1.807) is 0 Å². The highest BCUT2D eigenvalue weighted by Crippen LogP contribution is 2.36. The number of nitrogens with zero attached hydrogens (tertiary/aromatic N) is 2. The molecule has 1 N–H and O–H groups in total. The van der Waals surface area contributed by atoms with Crippen molar-refractivity contribution < 1.29 is 18.7 Å². The predicted molar refractivity (Wildman–Crippen MR) is 125 cm³/mol. The van der Waals surface area contributed by atoms with Crippen molar-refractivity contribution in [2.45, 2.75) is 17.7 Å². The van der Waals surface area contributed by atoms with Crippen LogP contribution in [0.5, 0.6) is 11.5 Å². The van der Waals surface area contributed by atoms with E-state index in [1.165, 1.54) is 17.3 Å². The molecule has 2 heterocycles. The molecule has 3 aromatic carbocycles. The molecule has 8 heteroatoms. The Morgan fingerprint density at radius 1 is 0.939 bits per heavy atom. The van der Waals surface area contributed by atoms with Crippen LogP contribution in [-0.2, 0) is 11.2 Å². The van der Waals surface area contributed by atoms with Gasteiger partial charge in [0.1, 0.15) is 6.61 Å². The molecule has 166 valence electrons. The molecular weight excluding hydrogens is 438 g/mol. The first-order valence-electron chi connectivity index (χ1n) is 10.5. The summed E-state index contributed by atoms with van der Waals surface area (Å²) >= 11 is 1.18. The third kappa shape index (κ3) is 5.18. The lowest BCUT2D eigenvalue weighted by Crippen LogP contribution is -2.21. The zero-order valence-electron chi connectivity index (χ0n) is 17.6. The van der Waals surface area contributed by atoms with E-state index in [1.807, 2.05) is 66.7 Å². The number of fused-ring (bicyclic) bond motifs is 1. The van der Waals surface area contributed by atoms with Crippen LogP contribution in [-0.4, -0.2) is 28.5 Å². The molecule has 0 saturated heterocycles. The fourth-order valence-corrected chi connectivity index (χ4v) is 4.05. The Morgan fingerprint density at radius 3 is 2.58 bits per heavy atom. The summed E-state index contributed by atoms with van der Waals surface area (Å²) in [5, 5.41) is 11.4. The molecule has 4 aromatic rings. The number of benzene rings is 3. The molecule has 1 aliphatic heterocycles. The second-order valence-corrected chi connectivity index (χ2v) is 8.35. The zero-order chi connectivity index (χ0) is 22.5. The standard InChI is InChI=1S/C25H21N3O4S/c29-23(26-19-11-5-4-10-18(19)14-17-8-2-1-3-9-17)16-33-25-28-27-24(32-25)22-15-30-20-12-6-7-13-21(20)31-22/h1-13,22H,14-16H2,(H,26,29). The molecule has 33 heavy (non-hydrogen) atoms. The number of carbonyl (C=O) groups is 1. The monoisotopic (exact) mass is 459 g/mol. The quantitative estimate of drug-likeness (QED) is 0.393. The van der Waals surface area contributed by atoms with Crippen molar-refractivity contribution in [1.82, 2.24) is 10.2 Å². The van der Waals surface area contributed by atoms with Crippen molar-refractivity contribution in [2.24, 2.45) is 0 Å². The van der Waals surface area contributed by atoms with Gasteiger partial charge in [0, 0.05) is 5.69 Å². The molecule has 5 rings (SSSR count). The number of aromatic nitrogens is 2. The van der Waals surface area contributed by atoms with Crippen molar-refractivity contribution in [3.63, 3.8) is 0 Å². The molecule has 1 unspecified atom stereocenters.